The van der Waals surface area contributed by atoms with Crippen LogP contribution in [0.2, 0.25) is 0 Å². The molecule has 0 spiro atoms. The summed E-state index contributed by atoms with van der Waals surface area (Å²) in [7, 11) is -3.96. The van der Waals surface area contributed by atoms with Crippen LogP contribution in [0.1, 0.15) is 73.4 Å². The number of hydrogen-bond acceptors (Lipinski definition) is 13. The van der Waals surface area contributed by atoms with Crippen molar-refractivity contribution < 1.29 is 55.8 Å². The van der Waals surface area contributed by atoms with E-state index in [9.17, 15) is 37.2 Å². The van der Waals surface area contributed by atoms with Gasteiger partial charge in [0.1, 0.15) is 17.7 Å². The van der Waals surface area contributed by atoms with Crippen LogP contribution in [0.25, 0.3) is 22.3 Å². The van der Waals surface area contributed by atoms with Crippen molar-refractivity contribution in [1.29, 1.82) is 0 Å². The summed E-state index contributed by atoms with van der Waals surface area (Å²) in [5.74, 6) is -3.54. The van der Waals surface area contributed by atoms with E-state index >= 15 is 4.39 Å². The van der Waals surface area contributed by atoms with E-state index in [4.69, 9.17) is 19.9 Å². The molecule has 1 aromatic heterocycles. The largest absolute Gasteiger partial charge is 0.383 e. The van der Waals surface area contributed by atoms with Crippen molar-refractivity contribution in [1.82, 2.24) is 20.5 Å². The zero-order valence-electron chi connectivity index (χ0n) is 37.4. The first-order valence-corrected chi connectivity index (χ1v) is 24.1. The molecule has 1 unspecified atom stereocenters. The number of anilines is 2. The lowest BCUT2D eigenvalue weighted by Crippen LogP contribution is -2.54. The van der Waals surface area contributed by atoms with Crippen LogP contribution in [0.3, 0.4) is 0 Å². The second-order valence-corrected chi connectivity index (χ2v) is 18.6. The van der Waals surface area contributed by atoms with E-state index in [0.717, 1.165) is 22.1 Å². The van der Waals surface area contributed by atoms with Gasteiger partial charge in [-0.25, -0.2) is 17.8 Å². The van der Waals surface area contributed by atoms with E-state index in [0.29, 0.717) is 79.1 Å². The minimum atomic E-state index is -3.96. The van der Waals surface area contributed by atoms with Gasteiger partial charge in [0.05, 0.1) is 61.2 Å². The van der Waals surface area contributed by atoms with Crippen molar-refractivity contribution in [2.45, 2.75) is 55.2 Å². The average molecular weight is 961 g/mol. The SMILES string of the molecule is Nc1ncc(-c2ccc(S(=O)(=O)Cc3ccc(NC(=O)CCOCCOCCOCCCc4cccc5c4C(=O)N(C4CCC(=O)NC4=O)C5=O)cc3)cc2F)cc1-c1ccc2c(c1)CCNC2=O. The molecular weight excluding hydrogens is 912 g/mol. The number of nitrogens with two attached hydrogens (primary N) is 1. The van der Waals surface area contributed by atoms with Gasteiger partial charge in [0.15, 0.2) is 9.84 Å². The molecule has 8 rings (SSSR count). The molecule has 1 fully saturated rings. The number of halogens is 1. The Balaban J connectivity index is 0.708. The minimum absolute atomic E-state index is 0.0500. The van der Waals surface area contributed by atoms with Crippen LogP contribution in [0.15, 0.2) is 96.0 Å². The number of imide groups is 2. The Bertz CT molecular complexity index is 2950. The number of sulfone groups is 1. The number of hydrogen-bond donors (Lipinski definition) is 4. The molecule has 19 heteroatoms. The van der Waals surface area contributed by atoms with E-state index in [2.05, 4.69) is 20.9 Å². The Labute approximate surface area is 396 Å². The van der Waals surface area contributed by atoms with Gasteiger partial charge in [0, 0.05) is 53.7 Å². The van der Waals surface area contributed by atoms with Gasteiger partial charge < -0.3 is 30.6 Å². The van der Waals surface area contributed by atoms with Crippen LogP contribution >= 0.6 is 0 Å². The molecule has 1 atom stereocenters. The summed E-state index contributed by atoms with van der Waals surface area (Å²) < 4.78 is 59.0. The number of benzene rings is 4. The van der Waals surface area contributed by atoms with Crippen molar-refractivity contribution in [3.63, 3.8) is 0 Å². The Hall–Kier alpha value is -7.19. The van der Waals surface area contributed by atoms with Gasteiger partial charge in [-0.2, -0.15) is 0 Å². The monoisotopic (exact) mass is 960 g/mol. The summed E-state index contributed by atoms with van der Waals surface area (Å²) >= 11 is 0. The van der Waals surface area contributed by atoms with Gasteiger partial charge in [-0.05, 0) is 90.4 Å². The molecule has 0 saturated carbocycles. The highest BCUT2D eigenvalue weighted by molar-refractivity contribution is 7.90. The smallest absolute Gasteiger partial charge is 0.262 e. The van der Waals surface area contributed by atoms with Gasteiger partial charge >= 0.3 is 0 Å². The average Bonchev–Trinajstić information content (AvgIpc) is 3.58. The first-order chi connectivity index (χ1) is 33.3. The number of aryl methyl sites for hydroxylation is 1. The predicted octanol–water partition coefficient (Wildman–Crippen LogP) is 4.81. The third-order valence-electron chi connectivity index (χ3n) is 12.0. The van der Waals surface area contributed by atoms with Crippen molar-refractivity contribution in [3.05, 3.63) is 130 Å². The lowest BCUT2D eigenvalue weighted by Gasteiger charge is -2.27. The van der Waals surface area contributed by atoms with E-state index in [1.165, 1.54) is 18.3 Å². The van der Waals surface area contributed by atoms with Gasteiger partial charge in [0.2, 0.25) is 17.7 Å². The van der Waals surface area contributed by atoms with E-state index in [1.54, 1.807) is 60.7 Å². The number of nitrogen functional groups attached to an aromatic ring is 1. The van der Waals surface area contributed by atoms with Crippen LogP contribution in [0.4, 0.5) is 15.9 Å². The Morgan fingerprint density at radius 2 is 1.54 bits per heavy atom. The summed E-state index contributed by atoms with van der Waals surface area (Å²) in [6, 6.07) is 21.1. The number of carbonyl (C=O) groups excluding carboxylic acids is 6. The lowest BCUT2D eigenvalue weighted by atomic mass is 9.94. The molecule has 69 heavy (non-hydrogen) atoms. The van der Waals surface area contributed by atoms with Crippen molar-refractivity contribution in [2.75, 3.05) is 57.2 Å². The maximum absolute atomic E-state index is 15.6. The van der Waals surface area contributed by atoms with Gasteiger partial charge in [-0.1, -0.05) is 42.5 Å². The molecule has 6 amide bonds. The van der Waals surface area contributed by atoms with Crippen LogP contribution < -0.4 is 21.7 Å². The summed E-state index contributed by atoms with van der Waals surface area (Å²) in [5.41, 5.74) is 11.6. The predicted molar refractivity (Wildman–Crippen MR) is 250 cm³/mol. The van der Waals surface area contributed by atoms with Gasteiger partial charge in [-0.15, -0.1) is 0 Å². The van der Waals surface area contributed by atoms with Crippen molar-refractivity contribution in [3.8, 4) is 22.3 Å². The molecule has 0 aliphatic carbocycles. The molecule has 17 nitrogen and oxygen atoms in total. The molecule has 5 N–H and O–H groups in total. The molecule has 4 heterocycles. The first-order valence-electron chi connectivity index (χ1n) is 22.4. The maximum atomic E-state index is 15.6. The molecule has 3 aliphatic heterocycles. The Kier molecular flexibility index (Phi) is 15.0. The molecular formula is C50H49FN6O11S. The van der Waals surface area contributed by atoms with Crippen LogP contribution in [0, 0.1) is 5.82 Å². The zero-order chi connectivity index (χ0) is 48.7. The standard InChI is InChI=1S/C50H49FN6O11S/c51-41-27-36(11-13-37(41)34-26-40(46(52)54-28-34)32-8-12-38-33(25-32)16-18-53-47(38)60)69(64,65)29-30-6-9-35(10-7-30)55-44(59)17-20-67-22-24-68-23-21-66-19-2-4-31-3-1-5-39-45(31)50(63)57(49(39)62)42-14-15-43(58)56-48(42)61/h1,3,5-13,25-28,42H,2,4,14-24,29H2,(H2,52,54)(H,53,60)(H,55,59)(H,56,58,61). The van der Waals surface area contributed by atoms with Gasteiger partial charge in [-0.3, -0.25) is 39.0 Å². The van der Waals surface area contributed by atoms with Gasteiger partial charge in [0.25, 0.3) is 17.7 Å². The second-order valence-electron chi connectivity index (χ2n) is 16.7. The normalized spacial score (nSPS) is 15.7. The third kappa shape index (κ3) is 11.2. The molecule has 0 bridgehead atoms. The second kappa shape index (κ2) is 21.4. The van der Waals surface area contributed by atoms with E-state index in [1.807, 2.05) is 6.07 Å². The number of fused-ring (bicyclic) bond motifs is 2. The highest BCUT2D eigenvalue weighted by Gasteiger charge is 2.45. The van der Waals surface area contributed by atoms with E-state index in [-0.39, 0.29) is 78.3 Å². The van der Waals surface area contributed by atoms with Crippen molar-refractivity contribution in [2.24, 2.45) is 0 Å². The fourth-order valence-corrected chi connectivity index (χ4v) is 9.80. The molecule has 5 aromatic rings. The number of rotatable bonds is 20. The number of pyridine rings is 1. The number of aromatic nitrogens is 1. The van der Waals surface area contributed by atoms with Crippen LogP contribution in [-0.2, 0) is 57.0 Å². The molecule has 1 saturated heterocycles. The number of amides is 6. The summed E-state index contributed by atoms with van der Waals surface area (Å²) in [6.45, 7) is 2.21. The highest BCUT2D eigenvalue weighted by atomic mass is 32.2. The maximum Gasteiger partial charge on any atom is 0.262 e. The third-order valence-corrected chi connectivity index (χ3v) is 13.7. The molecule has 4 aromatic carbocycles. The summed E-state index contributed by atoms with van der Waals surface area (Å²) in [4.78, 5) is 80.0. The zero-order valence-corrected chi connectivity index (χ0v) is 38.2. The Morgan fingerprint density at radius 3 is 2.29 bits per heavy atom. The number of nitrogens with zero attached hydrogens (tertiary/aromatic N) is 2. The lowest BCUT2D eigenvalue weighted by molar-refractivity contribution is -0.136. The molecule has 0 radical (unpaired) electrons. The number of nitrogens with one attached hydrogen (secondary N) is 3. The quantitative estimate of drug-likeness (QED) is 0.0606. The van der Waals surface area contributed by atoms with Crippen LogP contribution in [-0.4, -0.2) is 106 Å². The number of ether oxygens (including phenoxy) is 3. The molecule has 358 valence electrons. The van der Waals surface area contributed by atoms with Crippen molar-refractivity contribution >= 4 is 56.8 Å². The summed E-state index contributed by atoms with van der Waals surface area (Å²) in [5, 5.41) is 7.76. The summed E-state index contributed by atoms with van der Waals surface area (Å²) in [6.07, 6.45) is 3.34. The first kappa shape index (κ1) is 48.3. The Morgan fingerprint density at radius 1 is 0.797 bits per heavy atom. The van der Waals surface area contributed by atoms with Crippen LogP contribution in [0.5, 0.6) is 0 Å². The number of carbonyl (C=O) groups is 6. The topological polar surface area (TPSA) is 242 Å². The molecule has 3 aliphatic rings. The highest BCUT2D eigenvalue weighted by Crippen LogP contribution is 2.34. The fraction of sp³-hybridized carbons (Fsp3) is 0.300. The van der Waals surface area contributed by atoms with E-state index < -0.39 is 51.1 Å². The fourth-order valence-electron chi connectivity index (χ4n) is 8.45. The minimum Gasteiger partial charge on any atom is -0.383 e. The number of piperidine rings is 1.